The molecule has 0 radical (unpaired) electrons. The zero-order valence-electron chi connectivity index (χ0n) is 11.5. The second kappa shape index (κ2) is 6.63. The number of hydrogen-bond donors (Lipinski definition) is 1. The molecule has 2 aromatic rings. The van der Waals surface area contributed by atoms with Crippen molar-refractivity contribution in [1.82, 2.24) is 9.78 Å². The monoisotopic (exact) mass is 401 g/mol. The van der Waals surface area contributed by atoms with E-state index in [1.165, 1.54) is 0 Å². The van der Waals surface area contributed by atoms with Crippen LogP contribution >= 0.6 is 31.9 Å². The van der Waals surface area contributed by atoms with Crippen LogP contribution in [-0.2, 0) is 19.6 Å². The van der Waals surface area contributed by atoms with Gasteiger partial charge in [-0.05, 0) is 41.4 Å². The molecule has 0 unspecified atom stereocenters. The van der Waals surface area contributed by atoms with E-state index in [0.717, 1.165) is 39.0 Å². The van der Waals surface area contributed by atoms with Crippen LogP contribution in [-0.4, -0.2) is 9.78 Å². The van der Waals surface area contributed by atoms with Crippen molar-refractivity contribution in [3.05, 3.63) is 38.5 Å². The number of aryl methyl sites for hydroxylation is 2. The molecule has 0 aliphatic heterocycles. The first-order valence-corrected chi connectivity index (χ1v) is 8.06. The Bertz CT molecular complexity index is 590. The fraction of sp³-hybridized carbons (Fsp3) is 0.357. The van der Waals surface area contributed by atoms with Crippen molar-refractivity contribution in [2.45, 2.75) is 33.4 Å². The van der Waals surface area contributed by atoms with Crippen molar-refractivity contribution in [2.24, 2.45) is 0 Å². The number of halogens is 2. The maximum Gasteiger partial charge on any atom is 0.131 e. The zero-order chi connectivity index (χ0) is 14.7. The highest BCUT2D eigenvalue weighted by Gasteiger charge is 2.14. The van der Waals surface area contributed by atoms with Crippen molar-refractivity contribution in [1.29, 1.82) is 0 Å². The van der Waals surface area contributed by atoms with Crippen molar-refractivity contribution >= 4 is 37.5 Å². The van der Waals surface area contributed by atoms with Gasteiger partial charge < -0.3 is 10.5 Å². The van der Waals surface area contributed by atoms with Crippen LogP contribution in [0, 0.1) is 0 Å². The smallest absolute Gasteiger partial charge is 0.131 e. The quantitative estimate of drug-likeness (QED) is 0.764. The van der Waals surface area contributed by atoms with Gasteiger partial charge in [-0.1, -0.05) is 22.9 Å². The fourth-order valence-electron chi connectivity index (χ4n) is 1.97. The number of nitrogens with zero attached hydrogens (tertiary/aromatic N) is 2. The topological polar surface area (TPSA) is 53.1 Å². The average Bonchev–Trinajstić information content (AvgIpc) is 2.71. The number of benzene rings is 1. The van der Waals surface area contributed by atoms with E-state index in [4.69, 9.17) is 10.5 Å². The fourth-order valence-corrected chi connectivity index (χ4v) is 3.14. The van der Waals surface area contributed by atoms with Gasteiger partial charge in [-0.3, -0.25) is 4.68 Å². The number of nitrogens with two attached hydrogens (primary N) is 1. The van der Waals surface area contributed by atoms with Gasteiger partial charge in [0.05, 0.1) is 15.9 Å². The summed E-state index contributed by atoms with van der Waals surface area (Å²) in [5.41, 5.74) is 8.58. The summed E-state index contributed by atoms with van der Waals surface area (Å²) in [6.45, 7) is 5.43. The molecule has 0 saturated heterocycles. The summed E-state index contributed by atoms with van der Waals surface area (Å²) in [5.74, 6) is 0.741. The molecule has 0 atom stereocenters. The lowest BCUT2D eigenvalue weighted by Crippen LogP contribution is -2.06. The van der Waals surface area contributed by atoms with Crippen LogP contribution < -0.4 is 10.5 Å². The summed E-state index contributed by atoms with van der Waals surface area (Å²) in [4.78, 5) is 0. The number of nitrogen functional groups attached to an aromatic ring is 1. The van der Waals surface area contributed by atoms with Gasteiger partial charge in [0.2, 0.25) is 0 Å². The van der Waals surface area contributed by atoms with Crippen LogP contribution in [0.5, 0.6) is 5.75 Å². The van der Waals surface area contributed by atoms with Gasteiger partial charge in [-0.15, -0.1) is 0 Å². The molecule has 2 rings (SSSR count). The minimum atomic E-state index is 0.456. The molecule has 1 aromatic heterocycles. The van der Waals surface area contributed by atoms with Gasteiger partial charge in [0.1, 0.15) is 12.4 Å². The van der Waals surface area contributed by atoms with Crippen molar-refractivity contribution in [3.63, 3.8) is 0 Å². The number of rotatable bonds is 5. The zero-order valence-corrected chi connectivity index (χ0v) is 14.7. The normalized spacial score (nSPS) is 10.8. The second-order valence-electron chi connectivity index (χ2n) is 4.39. The molecule has 0 aliphatic carbocycles. The Morgan fingerprint density at radius 3 is 2.60 bits per heavy atom. The number of ether oxygens (including phenoxy) is 1. The molecule has 2 N–H and O–H groups in total. The third-order valence-electron chi connectivity index (χ3n) is 2.96. The Morgan fingerprint density at radius 1 is 1.25 bits per heavy atom. The Hall–Kier alpha value is -1.01. The van der Waals surface area contributed by atoms with Crippen LogP contribution in [0.1, 0.15) is 25.2 Å². The number of aromatic nitrogens is 2. The van der Waals surface area contributed by atoms with E-state index in [1.54, 1.807) is 0 Å². The Morgan fingerprint density at radius 2 is 2.00 bits per heavy atom. The summed E-state index contributed by atoms with van der Waals surface area (Å²) in [5, 5.41) is 4.55. The molecule has 0 amide bonds. The van der Waals surface area contributed by atoms with Gasteiger partial charge in [0.25, 0.3) is 0 Å². The van der Waals surface area contributed by atoms with E-state index in [-0.39, 0.29) is 0 Å². The second-order valence-corrected chi connectivity index (χ2v) is 6.09. The molecule has 1 heterocycles. The predicted octanol–water partition coefficient (Wildman–Crippen LogP) is 4.15. The van der Waals surface area contributed by atoms with Crippen molar-refractivity contribution < 1.29 is 4.74 Å². The van der Waals surface area contributed by atoms with E-state index in [1.807, 2.05) is 22.9 Å². The van der Waals surface area contributed by atoms with Gasteiger partial charge in [-0.25, -0.2) is 0 Å². The van der Waals surface area contributed by atoms with Crippen LogP contribution in [0.4, 0.5) is 5.69 Å². The highest BCUT2D eigenvalue weighted by atomic mass is 79.9. The third kappa shape index (κ3) is 3.35. The van der Waals surface area contributed by atoms with Crippen LogP contribution in [0.15, 0.2) is 27.1 Å². The molecular weight excluding hydrogens is 386 g/mol. The van der Waals surface area contributed by atoms with E-state index < -0.39 is 0 Å². The average molecular weight is 403 g/mol. The maximum atomic E-state index is 5.83. The van der Waals surface area contributed by atoms with Crippen LogP contribution in [0.3, 0.4) is 0 Å². The summed E-state index contributed by atoms with van der Waals surface area (Å²) >= 11 is 7.02. The molecule has 1 aromatic carbocycles. The van der Waals surface area contributed by atoms with Crippen LogP contribution in [0.2, 0.25) is 0 Å². The van der Waals surface area contributed by atoms with Gasteiger partial charge >= 0.3 is 0 Å². The highest BCUT2D eigenvalue weighted by Crippen LogP contribution is 2.26. The SMILES string of the molecule is CCc1nn(CC)c(COc2cc(N)cc(Br)c2)c1Br. The highest BCUT2D eigenvalue weighted by molar-refractivity contribution is 9.10. The van der Waals surface area contributed by atoms with Gasteiger partial charge in [-0.2, -0.15) is 5.10 Å². The van der Waals surface area contributed by atoms with Crippen molar-refractivity contribution in [3.8, 4) is 5.75 Å². The molecule has 0 fully saturated rings. The van der Waals surface area contributed by atoms with E-state index in [9.17, 15) is 0 Å². The summed E-state index contributed by atoms with van der Waals surface area (Å²) in [7, 11) is 0. The van der Waals surface area contributed by atoms with E-state index in [2.05, 4.69) is 50.8 Å². The Kier molecular flexibility index (Phi) is 5.10. The Labute approximate surface area is 135 Å². The van der Waals surface area contributed by atoms with Gasteiger partial charge in [0, 0.05) is 22.8 Å². The number of hydrogen-bond acceptors (Lipinski definition) is 3. The lowest BCUT2D eigenvalue weighted by atomic mass is 10.3. The largest absolute Gasteiger partial charge is 0.487 e. The van der Waals surface area contributed by atoms with Crippen molar-refractivity contribution in [2.75, 3.05) is 5.73 Å². The lowest BCUT2D eigenvalue weighted by Gasteiger charge is -2.09. The maximum absolute atomic E-state index is 5.83. The minimum Gasteiger partial charge on any atom is -0.487 e. The van der Waals surface area contributed by atoms with Gasteiger partial charge in [0.15, 0.2) is 0 Å². The molecule has 0 saturated carbocycles. The standard InChI is InChI=1S/C14H17Br2N3O/c1-3-12-14(16)13(19(4-2)18-12)8-20-11-6-9(15)5-10(17)7-11/h5-7H,3-4,8,17H2,1-2H3. The first-order valence-electron chi connectivity index (χ1n) is 6.48. The Balaban J connectivity index is 2.20. The first kappa shape index (κ1) is 15.4. The lowest BCUT2D eigenvalue weighted by molar-refractivity contribution is 0.291. The third-order valence-corrected chi connectivity index (χ3v) is 4.34. The molecule has 6 heteroatoms. The number of anilines is 1. The van der Waals surface area contributed by atoms with E-state index >= 15 is 0 Å². The summed E-state index contributed by atoms with van der Waals surface area (Å²) in [6.07, 6.45) is 0.893. The molecule has 0 spiro atoms. The molecule has 0 bridgehead atoms. The minimum absolute atomic E-state index is 0.456. The molecular formula is C14H17Br2N3O. The molecule has 0 aliphatic rings. The molecule has 108 valence electrons. The van der Waals surface area contributed by atoms with Crippen LogP contribution in [0.25, 0.3) is 0 Å². The van der Waals surface area contributed by atoms with E-state index in [0.29, 0.717) is 12.3 Å². The first-order chi connectivity index (χ1) is 9.55. The summed E-state index contributed by atoms with van der Waals surface area (Å²) < 4.78 is 9.74. The summed E-state index contributed by atoms with van der Waals surface area (Å²) in [6, 6.07) is 5.55. The molecule has 4 nitrogen and oxygen atoms in total. The molecule has 20 heavy (non-hydrogen) atoms. The predicted molar refractivity (Wildman–Crippen MR) is 87.9 cm³/mol.